The van der Waals surface area contributed by atoms with Crippen LogP contribution in [0.3, 0.4) is 0 Å². The number of nitrogens with zero attached hydrogens (tertiary/aromatic N) is 1. The average molecular weight is 163 g/mol. The fraction of sp³-hybridized carbons (Fsp3) is 0.500. The minimum Gasteiger partial charge on any atom is -0.441 e. The third-order valence-electron chi connectivity index (χ3n) is 2.21. The number of hydrogen-bond acceptors (Lipinski definition) is 2. The monoisotopic (exact) mass is 163 g/mol. The highest BCUT2D eigenvalue weighted by atomic mass is 16.4. The predicted octanol–water partition coefficient (Wildman–Crippen LogP) is 2.59. The van der Waals surface area contributed by atoms with Crippen LogP contribution in [-0.2, 0) is 12.8 Å². The Hall–Kier alpha value is -1.05. The lowest BCUT2D eigenvalue weighted by Gasteiger charge is -2.05. The number of rotatable bonds is 1. The largest absolute Gasteiger partial charge is 0.441 e. The lowest BCUT2D eigenvalue weighted by molar-refractivity contribution is 0.467. The Morgan fingerprint density at radius 3 is 2.83 bits per heavy atom. The molecule has 0 atom stereocenters. The highest BCUT2D eigenvalue weighted by molar-refractivity contribution is 5.53. The van der Waals surface area contributed by atoms with Gasteiger partial charge in [-0.05, 0) is 26.2 Å². The molecule has 0 radical (unpaired) electrons. The number of hydrogen-bond donors (Lipinski definition) is 0. The maximum atomic E-state index is 5.56. The summed E-state index contributed by atoms with van der Waals surface area (Å²) in [5.41, 5.74) is 2.07. The van der Waals surface area contributed by atoms with Crippen molar-refractivity contribution in [2.75, 3.05) is 0 Å². The van der Waals surface area contributed by atoms with Crippen LogP contribution in [0, 0.1) is 0 Å². The van der Waals surface area contributed by atoms with Gasteiger partial charge in [-0.25, -0.2) is 4.98 Å². The lowest BCUT2D eigenvalue weighted by atomic mass is 10.0. The van der Waals surface area contributed by atoms with Gasteiger partial charge in [0, 0.05) is 12.0 Å². The number of oxazole rings is 1. The van der Waals surface area contributed by atoms with Gasteiger partial charge in [0.15, 0.2) is 0 Å². The van der Waals surface area contributed by atoms with Gasteiger partial charge in [-0.2, -0.15) is 0 Å². The van der Waals surface area contributed by atoms with Crippen molar-refractivity contribution in [1.82, 2.24) is 4.98 Å². The summed E-state index contributed by atoms with van der Waals surface area (Å²) in [6.07, 6.45) is 4.61. The second kappa shape index (κ2) is 2.77. The van der Waals surface area contributed by atoms with Gasteiger partial charge in [0.05, 0.1) is 5.69 Å². The van der Waals surface area contributed by atoms with Crippen LogP contribution in [0.4, 0.5) is 0 Å². The maximum Gasteiger partial charge on any atom is 0.221 e. The second-order valence-corrected chi connectivity index (χ2v) is 3.38. The van der Waals surface area contributed by atoms with E-state index >= 15 is 0 Å². The van der Waals surface area contributed by atoms with Crippen LogP contribution in [0.15, 0.2) is 11.0 Å². The van der Waals surface area contributed by atoms with Crippen LogP contribution in [0.25, 0.3) is 5.57 Å². The van der Waals surface area contributed by atoms with Crippen molar-refractivity contribution in [3.8, 4) is 0 Å². The van der Waals surface area contributed by atoms with Crippen molar-refractivity contribution in [3.63, 3.8) is 0 Å². The molecule has 0 saturated carbocycles. The number of aryl methyl sites for hydroxylation is 2. The number of allylic oxidation sites excluding steroid dienone is 1. The Morgan fingerprint density at radius 1 is 1.42 bits per heavy atom. The van der Waals surface area contributed by atoms with Crippen LogP contribution in [0.5, 0.6) is 0 Å². The van der Waals surface area contributed by atoms with Crippen LogP contribution in [0.1, 0.15) is 37.1 Å². The molecule has 0 saturated heterocycles. The average Bonchev–Trinajstić information content (AvgIpc) is 2.46. The minimum atomic E-state index is 0.724. The van der Waals surface area contributed by atoms with E-state index in [1.807, 2.05) is 6.92 Å². The third kappa shape index (κ3) is 1.17. The summed E-state index contributed by atoms with van der Waals surface area (Å²) in [6.45, 7) is 5.74. The Morgan fingerprint density at radius 2 is 2.17 bits per heavy atom. The molecule has 0 N–H and O–H groups in total. The van der Waals surface area contributed by atoms with E-state index in [-0.39, 0.29) is 0 Å². The summed E-state index contributed by atoms with van der Waals surface area (Å²) in [5, 5.41) is 0. The molecule has 2 heteroatoms. The van der Waals surface area contributed by atoms with Crippen LogP contribution < -0.4 is 0 Å². The molecule has 64 valence electrons. The maximum absolute atomic E-state index is 5.56. The molecule has 0 amide bonds. The molecule has 0 unspecified atom stereocenters. The Bertz CT molecular complexity index is 288. The van der Waals surface area contributed by atoms with Gasteiger partial charge in [-0.3, -0.25) is 0 Å². The fourth-order valence-corrected chi connectivity index (χ4v) is 1.53. The molecule has 0 aromatic carbocycles. The SMILES string of the molecule is C=C(C)c1nc2c(o1)CCCC2. The van der Waals surface area contributed by atoms with E-state index in [9.17, 15) is 0 Å². The van der Waals surface area contributed by atoms with E-state index in [2.05, 4.69) is 11.6 Å². The molecule has 12 heavy (non-hydrogen) atoms. The summed E-state index contributed by atoms with van der Waals surface area (Å²) < 4.78 is 5.56. The Kier molecular flexibility index (Phi) is 1.75. The molecule has 0 bridgehead atoms. The van der Waals surface area contributed by atoms with Crippen LogP contribution >= 0.6 is 0 Å². The third-order valence-corrected chi connectivity index (χ3v) is 2.21. The molecule has 2 nitrogen and oxygen atoms in total. The van der Waals surface area contributed by atoms with Crippen molar-refractivity contribution >= 4 is 5.57 Å². The lowest BCUT2D eigenvalue weighted by Crippen LogP contribution is -1.99. The van der Waals surface area contributed by atoms with Gasteiger partial charge in [0.2, 0.25) is 5.89 Å². The van der Waals surface area contributed by atoms with Crippen molar-refractivity contribution < 1.29 is 4.42 Å². The first-order valence-electron chi connectivity index (χ1n) is 4.42. The predicted molar refractivity (Wildman–Crippen MR) is 47.9 cm³/mol. The van der Waals surface area contributed by atoms with E-state index in [0.717, 1.165) is 35.8 Å². The second-order valence-electron chi connectivity index (χ2n) is 3.38. The Balaban J connectivity index is 2.38. The van der Waals surface area contributed by atoms with E-state index in [1.54, 1.807) is 0 Å². The smallest absolute Gasteiger partial charge is 0.221 e. The molecule has 1 aliphatic rings. The summed E-state index contributed by atoms with van der Waals surface area (Å²) in [6, 6.07) is 0. The van der Waals surface area contributed by atoms with Gasteiger partial charge in [-0.1, -0.05) is 6.58 Å². The summed E-state index contributed by atoms with van der Waals surface area (Å²) >= 11 is 0. The first-order chi connectivity index (χ1) is 5.77. The van der Waals surface area contributed by atoms with E-state index < -0.39 is 0 Å². The Labute approximate surface area is 72.3 Å². The molecule has 1 aromatic rings. The highest BCUT2D eigenvalue weighted by Gasteiger charge is 2.16. The summed E-state index contributed by atoms with van der Waals surface area (Å²) in [7, 11) is 0. The first kappa shape index (κ1) is 7.59. The van der Waals surface area contributed by atoms with E-state index in [0.29, 0.717) is 0 Å². The van der Waals surface area contributed by atoms with E-state index in [4.69, 9.17) is 4.42 Å². The molecule has 0 spiro atoms. The van der Waals surface area contributed by atoms with Crippen molar-refractivity contribution in [3.05, 3.63) is 23.9 Å². The zero-order chi connectivity index (χ0) is 8.55. The zero-order valence-corrected chi connectivity index (χ0v) is 7.39. The zero-order valence-electron chi connectivity index (χ0n) is 7.39. The quantitative estimate of drug-likeness (QED) is 0.636. The van der Waals surface area contributed by atoms with Crippen molar-refractivity contribution in [2.45, 2.75) is 32.6 Å². The molecule has 1 aromatic heterocycles. The molecule has 0 fully saturated rings. The van der Waals surface area contributed by atoms with Crippen molar-refractivity contribution in [2.24, 2.45) is 0 Å². The van der Waals surface area contributed by atoms with Gasteiger partial charge >= 0.3 is 0 Å². The number of aromatic nitrogens is 1. The molecule has 2 rings (SSSR count). The van der Waals surface area contributed by atoms with Gasteiger partial charge < -0.3 is 4.42 Å². The van der Waals surface area contributed by atoms with Crippen LogP contribution in [-0.4, -0.2) is 4.98 Å². The van der Waals surface area contributed by atoms with Gasteiger partial charge in [0.1, 0.15) is 5.76 Å². The molecule has 1 aliphatic carbocycles. The number of fused-ring (bicyclic) bond motifs is 1. The minimum absolute atomic E-state index is 0.724. The topological polar surface area (TPSA) is 26.0 Å². The normalized spacial score (nSPS) is 15.8. The fourth-order valence-electron chi connectivity index (χ4n) is 1.53. The van der Waals surface area contributed by atoms with Gasteiger partial charge in [-0.15, -0.1) is 0 Å². The van der Waals surface area contributed by atoms with E-state index in [1.165, 1.54) is 12.8 Å². The summed E-state index contributed by atoms with van der Waals surface area (Å²) in [5.74, 6) is 1.81. The standard InChI is InChI=1S/C10H13NO/c1-7(2)10-11-8-5-3-4-6-9(8)12-10/h1,3-6H2,2H3. The van der Waals surface area contributed by atoms with Gasteiger partial charge in [0.25, 0.3) is 0 Å². The van der Waals surface area contributed by atoms with Crippen molar-refractivity contribution in [1.29, 1.82) is 0 Å². The molecular weight excluding hydrogens is 150 g/mol. The molecule has 0 aliphatic heterocycles. The van der Waals surface area contributed by atoms with Crippen LogP contribution in [0.2, 0.25) is 0 Å². The highest BCUT2D eigenvalue weighted by Crippen LogP contribution is 2.23. The summed E-state index contributed by atoms with van der Waals surface area (Å²) in [4.78, 5) is 4.38. The first-order valence-corrected chi connectivity index (χ1v) is 4.42. The molecule has 1 heterocycles. The molecular formula is C10H13NO.